The molecule has 0 saturated carbocycles. The number of halogens is 1. The number of hydrogen-bond donors (Lipinski definition) is 4. The van der Waals surface area contributed by atoms with Gasteiger partial charge in [-0.05, 0) is 31.5 Å². The van der Waals surface area contributed by atoms with E-state index in [0.29, 0.717) is 24.5 Å². The summed E-state index contributed by atoms with van der Waals surface area (Å²) >= 11 is 5.95. The molecule has 0 aliphatic carbocycles. The highest BCUT2D eigenvalue weighted by atomic mass is 35.5. The highest BCUT2D eigenvalue weighted by Crippen LogP contribution is 2.20. The van der Waals surface area contributed by atoms with Crippen LogP contribution < -0.4 is 16.0 Å². The Kier molecular flexibility index (Phi) is 6.20. The molecule has 22 heavy (non-hydrogen) atoms. The molecule has 122 valence electrons. The van der Waals surface area contributed by atoms with Gasteiger partial charge in [-0.15, -0.1) is 0 Å². The first-order chi connectivity index (χ1) is 10.5. The van der Waals surface area contributed by atoms with Gasteiger partial charge in [-0.3, -0.25) is 4.79 Å². The molecule has 2 rings (SSSR count). The first-order valence-corrected chi connectivity index (χ1v) is 8.01. The highest BCUT2D eigenvalue weighted by Gasteiger charge is 2.25. The topological polar surface area (TPSA) is 73.4 Å². The van der Waals surface area contributed by atoms with E-state index >= 15 is 0 Å². The maximum atomic E-state index is 12.1. The van der Waals surface area contributed by atoms with Gasteiger partial charge >= 0.3 is 0 Å². The summed E-state index contributed by atoms with van der Waals surface area (Å²) in [7, 11) is 0. The van der Waals surface area contributed by atoms with E-state index in [9.17, 15) is 9.90 Å². The Morgan fingerprint density at radius 1 is 1.50 bits per heavy atom. The molecule has 6 heteroatoms. The van der Waals surface area contributed by atoms with Gasteiger partial charge in [-0.2, -0.15) is 0 Å². The predicted octanol–water partition coefficient (Wildman–Crippen LogP) is 1.54. The summed E-state index contributed by atoms with van der Waals surface area (Å²) in [5.41, 5.74) is 1.73. The predicted molar refractivity (Wildman–Crippen MR) is 89.3 cm³/mol. The zero-order chi connectivity index (χ0) is 16.1. The minimum Gasteiger partial charge on any atom is -0.391 e. The van der Waals surface area contributed by atoms with Crippen molar-refractivity contribution in [3.05, 3.63) is 28.8 Å². The van der Waals surface area contributed by atoms with E-state index in [1.807, 2.05) is 19.9 Å². The lowest BCUT2D eigenvalue weighted by atomic mass is 10.1. The van der Waals surface area contributed by atoms with E-state index in [1.54, 1.807) is 12.1 Å². The molecule has 0 spiro atoms. The number of rotatable bonds is 6. The third-order valence-electron chi connectivity index (χ3n) is 4.00. The molecule has 1 aliphatic heterocycles. The van der Waals surface area contributed by atoms with Crippen LogP contribution in [0.1, 0.15) is 18.9 Å². The number of amides is 1. The quantitative estimate of drug-likeness (QED) is 0.640. The van der Waals surface area contributed by atoms with Crippen molar-refractivity contribution in [1.82, 2.24) is 10.6 Å². The Bertz CT molecular complexity index is 524. The Morgan fingerprint density at radius 3 is 2.95 bits per heavy atom. The van der Waals surface area contributed by atoms with Crippen LogP contribution in [0.5, 0.6) is 0 Å². The second kappa shape index (κ2) is 7.92. The minimum absolute atomic E-state index is 0.0459. The van der Waals surface area contributed by atoms with Crippen molar-refractivity contribution in [3.63, 3.8) is 0 Å². The fraction of sp³-hybridized carbons (Fsp3) is 0.562. The maximum absolute atomic E-state index is 12.1. The third kappa shape index (κ3) is 4.95. The number of nitrogens with one attached hydrogen (secondary N) is 3. The normalized spacial score (nSPS) is 22.5. The average Bonchev–Trinajstić information content (AvgIpc) is 2.86. The monoisotopic (exact) mass is 325 g/mol. The van der Waals surface area contributed by atoms with Crippen molar-refractivity contribution < 1.29 is 9.90 Å². The first-order valence-electron chi connectivity index (χ1n) is 7.64. The Labute approximate surface area is 136 Å². The summed E-state index contributed by atoms with van der Waals surface area (Å²) in [6, 6.07) is 5.49. The van der Waals surface area contributed by atoms with Crippen molar-refractivity contribution in [1.29, 1.82) is 0 Å². The van der Waals surface area contributed by atoms with Crippen LogP contribution in [-0.4, -0.2) is 42.8 Å². The maximum Gasteiger partial charge on any atom is 0.225 e. The van der Waals surface area contributed by atoms with E-state index in [4.69, 9.17) is 11.6 Å². The second-order valence-electron chi connectivity index (χ2n) is 6.01. The number of aliphatic hydroxyl groups is 1. The molecule has 3 unspecified atom stereocenters. The molecule has 0 bridgehead atoms. The zero-order valence-electron chi connectivity index (χ0n) is 13.0. The van der Waals surface area contributed by atoms with Gasteiger partial charge in [-0.25, -0.2) is 0 Å². The van der Waals surface area contributed by atoms with Crippen LogP contribution >= 0.6 is 11.6 Å². The number of benzene rings is 1. The molecule has 5 nitrogen and oxygen atoms in total. The Morgan fingerprint density at radius 2 is 2.27 bits per heavy atom. The molecule has 1 saturated heterocycles. The van der Waals surface area contributed by atoms with Gasteiger partial charge in [0.15, 0.2) is 0 Å². The third-order valence-corrected chi connectivity index (χ3v) is 4.23. The van der Waals surface area contributed by atoms with Crippen molar-refractivity contribution >= 4 is 23.2 Å². The summed E-state index contributed by atoms with van der Waals surface area (Å²) in [5, 5.41) is 19.7. The van der Waals surface area contributed by atoms with Gasteiger partial charge in [0.1, 0.15) is 0 Å². The van der Waals surface area contributed by atoms with Gasteiger partial charge in [0.05, 0.1) is 6.10 Å². The van der Waals surface area contributed by atoms with Crippen molar-refractivity contribution in [2.75, 3.05) is 25.0 Å². The lowest BCUT2D eigenvalue weighted by Crippen LogP contribution is -2.37. The van der Waals surface area contributed by atoms with Gasteiger partial charge in [0, 0.05) is 48.7 Å². The molecular weight excluding hydrogens is 302 g/mol. The van der Waals surface area contributed by atoms with Crippen molar-refractivity contribution in [2.24, 2.45) is 5.92 Å². The summed E-state index contributed by atoms with van der Waals surface area (Å²) < 4.78 is 0. The van der Waals surface area contributed by atoms with Crippen LogP contribution in [0.3, 0.4) is 0 Å². The summed E-state index contributed by atoms with van der Waals surface area (Å²) in [6.45, 7) is 6.07. The summed E-state index contributed by atoms with van der Waals surface area (Å²) in [6.07, 6.45) is 0.0741. The number of hydrogen-bond acceptors (Lipinski definition) is 4. The van der Waals surface area contributed by atoms with E-state index in [1.165, 1.54) is 0 Å². The molecule has 0 radical (unpaired) electrons. The van der Waals surface area contributed by atoms with Gasteiger partial charge in [-0.1, -0.05) is 17.7 Å². The standard InChI is InChI=1S/C16H24ClN3O2/c1-10-3-4-13(17)6-14(10)20-16(22)5-11(2)19-8-12-7-18-9-15(12)21/h3-4,6,11-12,15,18-19,21H,5,7-9H2,1-2H3,(H,20,22). The molecule has 1 aliphatic rings. The second-order valence-corrected chi connectivity index (χ2v) is 6.44. The molecule has 1 aromatic rings. The van der Waals surface area contributed by atoms with Crippen LogP contribution in [0.2, 0.25) is 5.02 Å². The number of aliphatic hydroxyl groups excluding tert-OH is 1. The van der Waals surface area contributed by atoms with Crippen LogP contribution in [0, 0.1) is 12.8 Å². The fourth-order valence-electron chi connectivity index (χ4n) is 2.56. The molecular formula is C16H24ClN3O2. The fourth-order valence-corrected chi connectivity index (χ4v) is 2.73. The van der Waals surface area contributed by atoms with E-state index in [-0.39, 0.29) is 24.0 Å². The zero-order valence-corrected chi connectivity index (χ0v) is 13.8. The average molecular weight is 326 g/mol. The number of carbonyl (C=O) groups is 1. The van der Waals surface area contributed by atoms with E-state index in [0.717, 1.165) is 17.8 Å². The van der Waals surface area contributed by atoms with Gasteiger partial charge in [0.25, 0.3) is 0 Å². The summed E-state index contributed by atoms with van der Waals surface area (Å²) in [5.74, 6) is 0.163. The molecule has 1 fully saturated rings. The lowest BCUT2D eigenvalue weighted by Gasteiger charge is -2.19. The molecule has 0 aromatic heterocycles. The van der Waals surface area contributed by atoms with Crippen LogP contribution in [0.4, 0.5) is 5.69 Å². The number of carbonyl (C=O) groups excluding carboxylic acids is 1. The number of β-amino-alcohol motifs (C(OH)–C–C–N with tert-alkyl or cyclic N) is 1. The number of aryl methyl sites for hydroxylation is 1. The largest absolute Gasteiger partial charge is 0.391 e. The minimum atomic E-state index is -0.303. The van der Waals surface area contributed by atoms with Crippen molar-refractivity contribution in [3.8, 4) is 0 Å². The summed E-state index contributed by atoms with van der Waals surface area (Å²) in [4.78, 5) is 12.1. The van der Waals surface area contributed by atoms with Gasteiger partial charge in [0.2, 0.25) is 5.91 Å². The van der Waals surface area contributed by atoms with Gasteiger partial charge < -0.3 is 21.1 Å². The van der Waals surface area contributed by atoms with Crippen molar-refractivity contribution in [2.45, 2.75) is 32.4 Å². The first kappa shape index (κ1) is 17.2. The van der Waals surface area contributed by atoms with Crippen LogP contribution in [0.15, 0.2) is 18.2 Å². The molecule has 4 N–H and O–H groups in total. The van der Waals surface area contributed by atoms with E-state index in [2.05, 4.69) is 16.0 Å². The van der Waals surface area contributed by atoms with E-state index < -0.39 is 0 Å². The molecule has 1 aromatic carbocycles. The van der Waals surface area contributed by atoms with Crippen LogP contribution in [0.25, 0.3) is 0 Å². The molecule has 1 amide bonds. The molecule has 1 heterocycles. The molecule has 3 atom stereocenters. The number of anilines is 1. The Balaban J connectivity index is 1.77. The smallest absolute Gasteiger partial charge is 0.225 e. The highest BCUT2D eigenvalue weighted by molar-refractivity contribution is 6.31. The Hall–Kier alpha value is -1.14. The SMILES string of the molecule is Cc1ccc(Cl)cc1NC(=O)CC(C)NCC1CNCC1O. The lowest BCUT2D eigenvalue weighted by molar-refractivity contribution is -0.116. The van der Waals surface area contributed by atoms with Crippen LogP contribution in [-0.2, 0) is 4.79 Å².